The molecule has 5 heterocycles. The van der Waals surface area contributed by atoms with E-state index in [9.17, 15) is 4.39 Å². The molecule has 1 spiro atoms. The number of amidine groups is 1. The summed E-state index contributed by atoms with van der Waals surface area (Å²) in [5.41, 5.74) is 12.9. The fourth-order valence-electron chi connectivity index (χ4n) is 6.42. The van der Waals surface area contributed by atoms with Gasteiger partial charge in [-0.3, -0.25) is 9.98 Å². The lowest BCUT2D eigenvalue weighted by molar-refractivity contribution is 0.187. The fourth-order valence-corrected chi connectivity index (χ4v) is 6.42. The van der Waals surface area contributed by atoms with Gasteiger partial charge in [-0.2, -0.15) is 0 Å². The molecule has 8 heteroatoms. The lowest BCUT2D eigenvalue weighted by Gasteiger charge is -2.42. The Bertz CT molecular complexity index is 1350. The molecule has 0 radical (unpaired) electrons. The Morgan fingerprint density at radius 2 is 1.92 bits per heavy atom. The van der Waals surface area contributed by atoms with Gasteiger partial charge in [0.2, 0.25) is 0 Å². The van der Waals surface area contributed by atoms with Crippen molar-refractivity contribution in [3.8, 4) is 0 Å². The van der Waals surface area contributed by atoms with Crippen molar-refractivity contribution in [3.63, 3.8) is 0 Å². The number of aliphatic imine (C=N–C) groups is 1. The van der Waals surface area contributed by atoms with Crippen LogP contribution in [-0.4, -0.2) is 40.4 Å². The minimum absolute atomic E-state index is 0. The Morgan fingerprint density at radius 1 is 1.06 bits per heavy atom. The molecule has 0 bridgehead atoms. The first-order chi connectivity index (χ1) is 17.1. The number of halogens is 1. The SMILES string of the molecule is C.N[C@@H]1c2cc(F)ccc2CC12CCN(c1cnc3c(n1)CN=C3N1CCCc3ncccc31)CC2. The molecule has 1 aromatic carbocycles. The summed E-state index contributed by atoms with van der Waals surface area (Å²) in [4.78, 5) is 23.8. The summed E-state index contributed by atoms with van der Waals surface area (Å²) in [7, 11) is 0. The summed E-state index contributed by atoms with van der Waals surface area (Å²) in [6, 6.07) is 9.08. The van der Waals surface area contributed by atoms with Gasteiger partial charge in [-0.25, -0.2) is 14.4 Å². The van der Waals surface area contributed by atoms with E-state index >= 15 is 0 Å². The van der Waals surface area contributed by atoms with E-state index in [1.54, 1.807) is 12.1 Å². The van der Waals surface area contributed by atoms with Crippen molar-refractivity contribution in [2.75, 3.05) is 29.4 Å². The number of fused-ring (bicyclic) bond motifs is 3. The number of nitrogens with zero attached hydrogens (tertiary/aromatic N) is 6. The molecule has 186 valence electrons. The number of anilines is 2. The summed E-state index contributed by atoms with van der Waals surface area (Å²) in [5.74, 6) is 1.62. The molecule has 0 unspecified atom stereocenters. The molecule has 1 fully saturated rings. The number of nitrogens with two attached hydrogens (primary N) is 1. The van der Waals surface area contributed by atoms with Crippen LogP contribution in [0, 0.1) is 11.2 Å². The molecule has 1 atom stereocenters. The van der Waals surface area contributed by atoms with Crippen LogP contribution in [0.2, 0.25) is 0 Å². The number of benzene rings is 1. The van der Waals surface area contributed by atoms with Gasteiger partial charge >= 0.3 is 0 Å². The second-order valence-electron chi connectivity index (χ2n) is 10.2. The van der Waals surface area contributed by atoms with Gasteiger partial charge in [-0.1, -0.05) is 13.5 Å². The molecular formula is C28H32FN7. The van der Waals surface area contributed by atoms with Gasteiger partial charge in [-0.15, -0.1) is 0 Å². The highest BCUT2D eigenvalue weighted by Crippen LogP contribution is 2.51. The Balaban J connectivity index is 0.00000240. The molecule has 1 aliphatic carbocycles. The predicted molar refractivity (Wildman–Crippen MR) is 140 cm³/mol. The van der Waals surface area contributed by atoms with Crippen molar-refractivity contribution < 1.29 is 4.39 Å². The van der Waals surface area contributed by atoms with Crippen LogP contribution in [0.1, 0.15) is 60.9 Å². The Labute approximate surface area is 211 Å². The summed E-state index contributed by atoms with van der Waals surface area (Å²) in [5, 5.41) is 0. The van der Waals surface area contributed by atoms with Crippen molar-refractivity contribution >= 4 is 17.3 Å². The first kappa shape index (κ1) is 23.0. The maximum Gasteiger partial charge on any atom is 0.156 e. The van der Waals surface area contributed by atoms with Gasteiger partial charge in [0.1, 0.15) is 17.3 Å². The zero-order chi connectivity index (χ0) is 23.6. The van der Waals surface area contributed by atoms with Crippen LogP contribution in [0.3, 0.4) is 0 Å². The van der Waals surface area contributed by atoms with Gasteiger partial charge in [0.25, 0.3) is 0 Å². The summed E-state index contributed by atoms with van der Waals surface area (Å²) < 4.78 is 13.8. The van der Waals surface area contributed by atoms with Crippen LogP contribution in [0.4, 0.5) is 15.9 Å². The van der Waals surface area contributed by atoms with Crippen LogP contribution >= 0.6 is 0 Å². The quantitative estimate of drug-likeness (QED) is 0.556. The summed E-state index contributed by atoms with van der Waals surface area (Å²) in [6.07, 6.45) is 8.65. The smallest absolute Gasteiger partial charge is 0.156 e. The first-order valence-corrected chi connectivity index (χ1v) is 12.5. The number of aromatic nitrogens is 3. The van der Waals surface area contributed by atoms with E-state index in [0.29, 0.717) is 6.54 Å². The number of hydrogen-bond donors (Lipinski definition) is 1. The number of aryl methyl sites for hydroxylation is 1. The van der Waals surface area contributed by atoms with Gasteiger partial charge < -0.3 is 15.5 Å². The third-order valence-corrected chi connectivity index (χ3v) is 8.36. The Kier molecular flexibility index (Phi) is 5.52. The van der Waals surface area contributed by atoms with Crippen molar-refractivity contribution in [2.24, 2.45) is 16.1 Å². The van der Waals surface area contributed by atoms with E-state index in [-0.39, 0.29) is 24.7 Å². The van der Waals surface area contributed by atoms with Crippen LogP contribution in [0.25, 0.3) is 0 Å². The molecule has 2 aromatic heterocycles. The Morgan fingerprint density at radius 3 is 2.78 bits per heavy atom. The van der Waals surface area contributed by atoms with Crippen molar-refractivity contribution in [3.05, 3.63) is 76.8 Å². The van der Waals surface area contributed by atoms with Gasteiger partial charge in [0, 0.05) is 31.9 Å². The minimum atomic E-state index is -0.201. The molecule has 0 saturated carbocycles. The van der Waals surface area contributed by atoms with E-state index in [1.807, 2.05) is 24.5 Å². The van der Waals surface area contributed by atoms with Gasteiger partial charge in [-0.05, 0) is 72.9 Å². The molecule has 7 nitrogen and oxygen atoms in total. The molecule has 2 N–H and O–H groups in total. The van der Waals surface area contributed by atoms with Crippen molar-refractivity contribution in [2.45, 2.75) is 52.1 Å². The van der Waals surface area contributed by atoms with Gasteiger partial charge in [0.15, 0.2) is 5.84 Å². The molecule has 7 rings (SSSR count). The Hall–Kier alpha value is -3.39. The molecular weight excluding hydrogens is 453 g/mol. The maximum absolute atomic E-state index is 13.8. The zero-order valence-corrected chi connectivity index (χ0v) is 19.6. The normalized spacial score (nSPS) is 21.5. The third-order valence-electron chi connectivity index (χ3n) is 8.36. The van der Waals surface area contributed by atoms with E-state index < -0.39 is 0 Å². The molecule has 3 aliphatic heterocycles. The summed E-state index contributed by atoms with van der Waals surface area (Å²) in [6.45, 7) is 3.22. The lowest BCUT2D eigenvalue weighted by atomic mass is 9.73. The highest BCUT2D eigenvalue weighted by Gasteiger charge is 2.46. The number of rotatable bonds is 1. The lowest BCUT2D eigenvalue weighted by Crippen LogP contribution is -2.44. The molecule has 3 aromatic rings. The highest BCUT2D eigenvalue weighted by molar-refractivity contribution is 6.11. The zero-order valence-electron chi connectivity index (χ0n) is 19.6. The van der Waals surface area contributed by atoms with Crippen LogP contribution in [0.5, 0.6) is 0 Å². The number of hydrogen-bond acceptors (Lipinski definition) is 7. The van der Waals surface area contributed by atoms with Crippen molar-refractivity contribution in [1.29, 1.82) is 0 Å². The second kappa shape index (κ2) is 8.62. The number of pyridine rings is 1. The third kappa shape index (κ3) is 3.50. The molecule has 1 saturated heterocycles. The summed E-state index contributed by atoms with van der Waals surface area (Å²) >= 11 is 0. The van der Waals surface area contributed by atoms with E-state index in [2.05, 4.69) is 20.9 Å². The second-order valence-corrected chi connectivity index (χ2v) is 10.2. The highest BCUT2D eigenvalue weighted by atomic mass is 19.1. The average Bonchev–Trinajstić information content (AvgIpc) is 3.43. The van der Waals surface area contributed by atoms with E-state index in [1.165, 1.54) is 5.56 Å². The van der Waals surface area contributed by atoms with Crippen LogP contribution in [0.15, 0.2) is 47.7 Å². The molecule has 4 aliphatic rings. The topological polar surface area (TPSA) is 83.5 Å². The van der Waals surface area contributed by atoms with Crippen LogP contribution < -0.4 is 15.5 Å². The van der Waals surface area contributed by atoms with Crippen molar-refractivity contribution in [1.82, 2.24) is 15.0 Å². The van der Waals surface area contributed by atoms with E-state index in [4.69, 9.17) is 20.7 Å². The largest absolute Gasteiger partial charge is 0.355 e. The standard InChI is InChI=1S/C27H28FN7.CH4/c28-18-6-5-17-14-27(25(29)19(17)13-18)7-11-34(12-8-27)23-16-31-24-21(33-23)15-32-26(24)35-10-2-3-20-22(35)4-1-9-30-20;/h1,4-6,9,13,16,25H,2-3,7-8,10-12,14-15,29H2;1H4/t25-;/m1./s1. The van der Waals surface area contributed by atoms with Crippen LogP contribution in [-0.2, 0) is 19.4 Å². The van der Waals surface area contributed by atoms with Gasteiger partial charge in [0.05, 0.1) is 29.8 Å². The average molecular weight is 486 g/mol. The number of piperidine rings is 1. The van der Waals surface area contributed by atoms with E-state index in [0.717, 1.165) is 91.7 Å². The minimum Gasteiger partial charge on any atom is -0.355 e. The molecule has 0 amide bonds. The predicted octanol–water partition coefficient (Wildman–Crippen LogP) is 4.20. The monoisotopic (exact) mass is 485 g/mol. The first-order valence-electron chi connectivity index (χ1n) is 12.5. The fraction of sp³-hybridized carbons (Fsp3) is 0.429. The maximum atomic E-state index is 13.8. The molecule has 36 heavy (non-hydrogen) atoms.